The predicted octanol–water partition coefficient (Wildman–Crippen LogP) is 2.37. The quantitative estimate of drug-likeness (QED) is 0.732. The fraction of sp³-hybridized carbons (Fsp3) is 0.650. The third-order valence-corrected chi connectivity index (χ3v) is 6.59. The lowest BCUT2D eigenvalue weighted by Crippen LogP contribution is -2.50. The van der Waals surface area contributed by atoms with Crippen molar-refractivity contribution in [2.45, 2.75) is 33.1 Å². The summed E-state index contributed by atoms with van der Waals surface area (Å²) in [5.41, 5.74) is 1.54. The molecule has 1 fully saturated rings. The highest BCUT2D eigenvalue weighted by atomic mass is 32.1. The Labute approximate surface area is 175 Å². The molecule has 2 amide bonds. The maximum Gasteiger partial charge on any atom is 0.409 e. The molecule has 3 rings (SSSR count). The van der Waals surface area contributed by atoms with Crippen LogP contribution in [0, 0.1) is 5.92 Å². The summed E-state index contributed by atoms with van der Waals surface area (Å²) in [7, 11) is 1.37. The van der Waals surface area contributed by atoms with Gasteiger partial charge in [0.15, 0.2) is 0 Å². The molecule has 2 heterocycles. The molecule has 0 saturated carbocycles. The van der Waals surface area contributed by atoms with E-state index in [-0.39, 0.29) is 18.5 Å². The number of ether oxygens (including phenoxy) is 2. The molecule has 1 aromatic rings. The number of hydrogen-bond acceptors (Lipinski definition) is 7. The fourth-order valence-corrected chi connectivity index (χ4v) is 5.24. The molecule has 1 atom stereocenters. The summed E-state index contributed by atoms with van der Waals surface area (Å²) >= 11 is 1.49. The van der Waals surface area contributed by atoms with Crippen molar-refractivity contribution in [2.24, 2.45) is 5.92 Å². The van der Waals surface area contributed by atoms with E-state index in [0.29, 0.717) is 49.3 Å². The third-order valence-electron chi connectivity index (χ3n) is 5.42. The number of piperazine rings is 1. The molecular formula is C20H29N3O5S. The summed E-state index contributed by atoms with van der Waals surface area (Å²) in [6.07, 6.45) is 2.49. The Morgan fingerprint density at radius 3 is 2.59 bits per heavy atom. The lowest BCUT2D eigenvalue weighted by molar-refractivity contribution is -0.117. The third kappa shape index (κ3) is 5.08. The van der Waals surface area contributed by atoms with Crippen LogP contribution in [0.4, 0.5) is 9.80 Å². The van der Waals surface area contributed by atoms with Gasteiger partial charge >= 0.3 is 12.1 Å². The Morgan fingerprint density at radius 2 is 1.93 bits per heavy atom. The molecule has 0 spiro atoms. The number of fused-ring (bicyclic) bond motifs is 1. The van der Waals surface area contributed by atoms with Gasteiger partial charge in [-0.1, -0.05) is 6.92 Å². The van der Waals surface area contributed by atoms with Gasteiger partial charge in [-0.2, -0.15) is 0 Å². The van der Waals surface area contributed by atoms with Gasteiger partial charge in [-0.15, -0.1) is 11.3 Å². The van der Waals surface area contributed by atoms with Gasteiger partial charge in [-0.25, -0.2) is 9.59 Å². The van der Waals surface area contributed by atoms with Crippen molar-refractivity contribution in [3.8, 4) is 0 Å². The Morgan fingerprint density at radius 1 is 1.21 bits per heavy atom. The Bertz CT molecular complexity index is 770. The van der Waals surface area contributed by atoms with Crippen molar-refractivity contribution in [3.05, 3.63) is 16.0 Å². The molecule has 1 aliphatic carbocycles. The van der Waals surface area contributed by atoms with Crippen molar-refractivity contribution >= 4 is 34.3 Å². The highest BCUT2D eigenvalue weighted by Crippen LogP contribution is 2.40. The molecule has 2 aliphatic rings. The molecule has 160 valence electrons. The molecule has 0 aromatic carbocycles. The van der Waals surface area contributed by atoms with E-state index in [0.717, 1.165) is 24.8 Å². The van der Waals surface area contributed by atoms with Crippen molar-refractivity contribution in [2.75, 3.05) is 51.8 Å². The van der Waals surface area contributed by atoms with E-state index in [2.05, 4.69) is 12.2 Å². The maximum atomic E-state index is 12.6. The second-order valence-electron chi connectivity index (χ2n) is 7.56. The van der Waals surface area contributed by atoms with E-state index in [1.54, 1.807) is 11.8 Å². The SMILES string of the molecule is CCOC(=O)N1CCN(CC(=O)Nc2sc3c(c2C(=O)OC)CC[C@@H](C)C3)CC1. The number of nitrogens with zero attached hydrogens (tertiary/aromatic N) is 2. The van der Waals surface area contributed by atoms with Gasteiger partial charge in [-0.3, -0.25) is 9.69 Å². The van der Waals surface area contributed by atoms with Gasteiger partial charge < -0.3 is 19.7 Å². The number of anilines is 1. The first-order valence-corrected chi connectivity index (χ1v) is 10.9. The normalized spacial score (nSPS) is 19.4. The molecule has 1 aliphatic heterocycles. The summed E-state index contributed by atoms with van der Waals surface area (Å²) < 4.78 is 9.99. The van der Waals surface area contributed by atoms with Crippen LogP contribution in [0.15, 0.2) is 0 Å². The number of amides is 2. The van der Waals surface area contributed by atoms with Crippen LogP contribution in [-0.2, 0) is 27.1 Å². The van der Waals surface area contributed by atoms with Crippen molar-refractivity contribution in [1.82, 2.24) is 9.80 Å². The fourth-order valence-electron chi connectivity index (χ4n) is 3.83. The van der Waals surface area contributed by atoms with E-state index in [1.807, 2.05) is 4.90 Å². The van der Waals surface area contributed by atoms with Crippen LogP contribution in [0.1, 0.15) is 41.1 Å². The van der Waals surface area contributed by atoms with Crippen LogP contribution in [-0.4, -0.2) is 74.2 Å². The minimum Gasteiger partial charge on any atom is -0.465 e. The summed E-state index contributed by atoms with van der Waals surface area (Å²) in [5.74, 6) is 0.0210. The van der Waals surface area contributed by atoms with Crippen molar-refractivity contribution in [1.29, 1.82) is 0 Å². The zero-order valence-electron chi connectivity index (χ0n) is 17.3. The number of rotatable bonds is 5. The highest BCUT2D eigenvalue weighted by Gasteiger charge is 2.29. The predicted molar refractivity (Wildman–Crippen MR) is 111 cm³/mol. The van der Waals surface area contributed by atoms with Gasteiger partial charge in [0.05, 0.1) is 25.8 Å². The summed E-state index contributed by atoms with van der Waals surface area (Å²) in [6, 6.07) is 0. The van der Waals surface area contributed by atoms with Gasteiger partial charge in [0.2, 0.25) is 5.91 Å². The lowest BCUT2D eigenvalue weighted by Gasteiger charge is -2.33. The smallest absolute Gasteiger partial charge is 0.409 e. The van der Waals surface area contributed by atoms with E-state index in [1.165, 1.54) is 23.3 Å². The molecule has 0 unspecified atom stereocenters. The Hall–Kier alpha value is -2.13. The number of methoxy groups -OCH3 is 1. The van der Waals surface area contributed by atoms with Crippen LogP contribution < -0.4 is 5.32 Å². The van der Waals surface area contributed by atoms with Crippen LogP contribution >= 0.6 is 11.3 Å². The van der Waals surface area contributed by atoms with Gasteiger partial charge in [0.25, 0.3) is 0 Å². The van der Waals surface area contributed by atoms with Crippen LogP contribution in [0.5, 0.6) is 0 Å². The van der Waals surface area contributed by atoms with E-state index < -0.39 is 5.97 Å². The summed E-state index contributed by atoms with van der Waals surface area (Å²) in [5, 5.41) is 3.52. The molecule has 8 nitrogen and oxygen atoms in total. The number of carbonyl (C=O) groups is 3. The first-order chi connectivity index (χ1) is 13.9. The Balaban J connectivity index is 1.61. The second-order valence-corrected chi connectivity index (χ2v) is 8.66. The van der Waals surface area contributed by atoms with Gasteiger partial charge in [0, 0.05) is 31.1 Å². The first-order valence-electron chi connectivity index (χ1n) is 10.1. The van der Waals surface area contributed by atoms with E-state index in [9.17, 15) is 14.4 Å². The average Bonchev–Trinajstić information content (AvgIpc) is 3.04. The lowest BCUT2D eigenvalue weighted by atomic mass is 9.88. The van der Waals surface area contributed by atoms with Gasteiger partial charge in [-0.05, 0) is 37.7 Å². The molecule has 1 saturated heterocycles. The molecule has 0 radical (unpaired) electrons. The van der Waals surface area contributed by atoms with E-state index in [4.69, 9.17) is 9.47 Å². The summed E-state index contributed by atoms with van der Waals surface area (Å²) in [6.45, 7) is 6.83. The van der Waals surface area contributed by atoms with Crippen LogP contribution in [0.2, 0.25) is 0 Å². The maximum absolute atomic E-state index is 12.6. The topological polar surface area (TPSA) is 88.2 Å². The zero-order valence-corrected chi connectivity index (χ0v) is 18.1. The Kier molecular flexibility index (Phi) is 7.13. The molecular weight excluding hydrogens is 394 g/mol. The molecule has 29 heavy (non-hydrogen) atoms. The molecule has 0 bridgehead atoms. The number of hydrogen-bond donors (Lipinski definition) is 1. The van der Waals surface area contributed by atoms with Crippen LogP contribution in [0.25, 0.3) is 0 Å². The average molecular weight is 424 g/mol. The molecule has 1 aromatic heterocycles. The highest BCUT2D eigenvalue weighted by molar-refractivity contribution is 7.17. The van der Waals surface area contributed by atoms with E-state index >= 15 is 0 Å². The molecule has 9 heteroatoms. The zero-order chi connectivity index (χ0) is 21.0. The van der Waals surface area contributed by atoms with Crippen LogP contribution in [0.3, 0.4) is 0 Å². The number of esters is 1. The minimum absolute atomic E-state index is 0.161. The first kappa shape index (κ1) is 21.6. The minimum atomic E-state index is -0.393. The monoisotopic (exact) mass is 423 g/mol. The van der Waals surface area contributed by atoms with Crippen molar-refractivity contribution in [3.63, 3.8) is 0 Å². The van der Waals surface area contributed by atoms with Gasteiger partial charge in [0.1, 0.15) is 5.00 Å². The second kappa shape index (κ2) is 9.58. The molecule has 1 N–H and O–H groups in total. The largest absolute Gasteiger partial charge is 0.465 e. The standard InChI is InChI=1S/C20H29N3O5S/c1-4-28-20(26)23-9-7-22(8-10-23)12-16(24)21-18-17(19(25)27-3)14-6-5-13(2)11-15(14)29-18/h13H,4-12H2,1-3H3,(H,21,24)/t13-/m1/s1. The number of carbonyl (C=O) groups excluding carboxylic acids is 3. The van der Waals surface area contributed by atoms with Crippen molar-refractivity contribution < 1.29 is 23.9 Å². The summed E-state index contributed by atoms with van der Waals surface area (Å²) in [4.78, 5) is 41.6. The number of nitrogens with one attached hydrogen (secondary N) is 1. The number of thiophene rings is 1.